The Kier molecular flexibility index (Phi) is 4.51. The van der Waals surface area contributed by atoms with Crippen LogP contribution in [0.2, 0.25) is 0 Å². The molecule has 0 aromatic carbocycles. The molecule has 1 aromatic heterocycles. The molecule has 5 nitrogen and oxygen atoms in total. The summed E-state index contributed by atoms with van der Waals surface area (Å²) in [7, 11) is 3.81. The minimum Gasteiger partial charge on any atom is -0.394 e. The Balaban J connectivity index is 3.30. The lowest BCUT2D eigenvalue weighted by atomic mass is 10.0. The van der Waals surface area contributed by atoms with Crippen molar-refractivity contribution in [3.63, 3.8) is 0 Å². The van der Waals surface area contributed by atoms with Crippen molar-refractivity contribution in [3.05, 3.63) is 11.4 Å². The summed E-state index contributed by atoms with van der Waals surface area (Å²) in [6.45, 7) is 8.07. The summed E-state index contributed by atoms with van der Waals surface area (Å²) in [4.78, 5) is 11.0. The molecular weight excluding hydrogens is 228 g/mol. The van der Waals surface area contributed by atoms with E-state index < -0.39 is 0 Å². The summed E-state index contributed by atoms with van der Waals surface area (Å²) in [6, 6.07) is 0. The van der Waals surface area contributed by atoms with Gasteiger partial charge < -0.3 is 15.3 Å². The highest BCUT2D eigenvalue weighted by molar-refractivity contribution is 5.59. The zero-order valence-corrected chi connectivity index (χ0v) is 12.2. The number of nitrogens with one attached hydrogen (secondary N) is 1. The molecule has 0 fully saturated rings. The maximum absolute atomic E-state index is 9.47. The molecule has 0 aliphatic rings. The molecule has 0 saturated carbocycles. The molecule has 0 atom stereocenters. The number of aryl methyl sites for hydroxylation is 1. The predicted octanol–water partition coefficient (Wildman–Crippen LogP) is 1.60. The Hall–Kier alpha value is -1.36. The standard InChI is InChI=1S/C13H24N4O/c1-7-10-15-11(14-5)9(2)12(16-10)17(6)13(3,4)8-18/h18H,7-8H2,1-6H3,(H,14,15,16). The summed E-state index contributed by atoms with van der Waals surface area (Å²) >= 11 is 0. The van der Waals surface area contributed by atoms with Gasteiger partial charge in [0.1, 0.15) is 17.5 Å². The van der Waals surface area contributed by atoms with Crippen LogP contribution < -0.4 is 10.2 Å². The van der Waals surface area contributed by atoms with Crippen molar-refractivity contribution in [2.75, 3.05) is 30.9 Å². The van der Waals surface area contributed by atoms with Gasteiger partial charge in [0.15, 0.2) is 0 Å². The SMILES string of the molecule is CCc1nc(NC)c(C)c(N(C)C(C)(C)CO)n1. The van der Waals surface area contributed by atoms with E-state index in [9.17, 15) is 5.11 Å². The van der Waals surface area contributed by atoms with Crippen LogP contribution in [0.3, 0.4) is 0 Å². The molecule has 5 heteroatoms. The van der Waals surface area contributed by atoms with Crippen LogP contribution in [-0.4, -0.2) is 41.3 Å². The monoisotopic (exact) mass is 252 g/mol. The lowest BCUT2D eigenvalue weighted by Gasteiger charge is -2.36. The van der Waals surface area contributed by atoms with E-state index in [0.717, 1.165) is 29.4 Å². The van der Waals surface area contributed by atoms with Crippen LogP contribution in [0.15, 0.2) is 0 Å². The molecule has 102 valence electrons. The molecule has 0 amide bonds. The van der Waals surface area contributed by atoms with Crippen molar-refractivity contribution in [1.82, 2.24) is 9.97 Å². The first-order chi connectivity index (χ1) is 8.37. The summed E-state index contributed by atoms with van der Waals surface area (Å²) < 4.78 is 0. The van der Waals surface area contributed by atoms with E-state index in [2.05, 4.69) is 15.3 Å². The third kappa shape index (κ3) is 2.72. The number of nitrogens with zero attached hydrogens (tertiary/aromatic N) is 3. The van der Waals surface area contributed by atoms with Crippen LogP contribution in [0.4, 0.5) is 11.6 Å². The van der Waals surface area contributed by atoms with E-state index in [1.807, 2.05) is 46.7 Å². The Morgan fingerprint density at radius 1 is 1.33 bits per heavy atom. The van der Waals surface area contributed by atoms with E-state index in [-0.39, 0.29) is 12.1 Å². The normalized spacial score (nSPS) is 11.5. The molecule has 0 radical (unpaired) electrons. The van der Waals surface area contributed by atoms with E-state index in [0.29, 0.717) is 0 Å². The highest BCUT2D eigenvalue weighted by Gasteiger charge is 2.26. The Morgan fingerprint density at radius 3 is 2.39 bits per heavy atom. The molecule has 2 N–H and O–H groups in total. The fourth-order valence-electron chi connectivity index (χ4n) is 1.67. The van der Waals surface area contributed by atoms with Crippen LogP contribution in [0, 0.1) is 6.92 Å². The topological polar surface area (TPSA) is 61.3 Å². The molecule has 0 aliphatic heterocycles. The van der Waals surface area contributed by atoms with Gasteiger partial charge >= 0.3 is 0 Å². The molecule has 0 spiro atoms. The molecule has 18 heavy (non-hydrogen) atoms. The van der Waals surface area contributed by atoms with E-state index in [1.54, 1.807) is 0 Å². The summed E-state index contributed by atoms with van der Waals surface area (Å²) in [5.41, 5.74) is 0.647. The van der Waals surface area contributed by atoms with Crippen molar-refractivity contribution in [1.29, 1.82) is 0 Å². The van der Waals surface area contributed by atoms with Gasteiger partial charge in [-0.25, -0.2) is 9.97 Å². The molecule has 1 aromatic rings. The van der Waals surface area contributed by atoms with E-state index >= 15 is 0 Å². The van der Waals surface area contributed by atoms with Crippen LogP contribution in [-0.2, 0) is 6.42 Å². The van der Waals surface area contributed by atoms with Crippen molar-refractivity contribution in [2.45, 2.75) is 39.7 Å². The maximum Gasteiger partial charge on any atom is 0.137 e. The van der Waals surface area contributed by atoms with Crippen LogP contribution in [0.25, 0.3) is 0 Å². The smallest absolute Gasteiger partial charge is 0.137 e. The second kappa shape index (κ2) is 5.52. The average molecular weight is 252 g/mol. The Morgan fingerprint density at radius 2 is 1.94 bits per heavy atom. The number of aromatic nitrogens is 2. The second-order valence-corrected chi connectivity index (χ2v) is 5.07. The number of likely N-dealkylation sites (N-methyl/N-ethyl adjacent to an activating group) is 1. The molecular formula is C13H24N4O. The zero-order chi connectivity index (χ0) is 13.9. The van der Waals surface area contributed by atoms with Gasteiger partial charge in [-0.2, -0.15) is 0 Å². The maximum atomic E-state index is 9.47. The highest BCUT2D eigenvalue weighted by atomic mass is 16.3. The largest absolute Gasteiger partial charge is 0.394 e. The van der Waals surface area contributed by atoms with Gasteiger partial charge in [0.2, 0.25) is 0 Å². The molecule has 0 unspecified atom stereocenters. The predicted molar refractivity (Wildman–Crippen MR) is 75.3 cm³/mol. The van der Waals surface area contributed by atoms with Gasteiger partial charge in [0, 0.05) is 26.1 Å². The third-order valence-corrected chi connectivity index (χ3v) is 3.33. The molecule has 0 bridgehead atoms. The zero-order valence-electron chi connectivity index (χ0n) is 12.2. The number of aliphatic hydroxyl groups excluding tert-OH is 1. The first kappa shape index (κ1) is 14.7. The summed E-state index contributed by atoms with van der Waals surface area (Å²) in [5.74, 6) is 2.52. The minimum atomic E-state index is -0.352. The quantitative estimate of drug-likeness (QED) is 0.833. The number of hydrogen-bond acceptors (Lipinski definition) is 5. The van der Waals surface area contributed by atoms with Gasteiger partial charge in [-0.15, -0.1) is 0 Å². The first-order valence-electron chi connectivity index (χ1n) is 6.27. The van der Waals surface area contributed by atoms with E-state index in [4.69, 9.17) is 0 Å². The van der Waals surface area contributed by atoms with Crippen LogP contribution in [0.5, 0.6) is 0 Å². The summed E-state index contributed by atoms with van der Waals surface area (Å²) in [6.07, 6.45) is 0.787. The molecule has 1 heterocycles. The van der Waals surface area contributed by atoms with Crippen LogP contribution in [0.1, 0.15) is 32.2 Å². The first-order valence-corrected chi connectivity index (χ1v) is 6.27. The van der Waals surface area contributed by atoms with Gasteiger partial charge in [0.25, 0.3) is 0 Å². The fraction of sp³-hybridized carbons (Fsp3) is 0.692. The lowest BCUT2D eigenvalue weighted by Crippen LogP contribution is -2.45. The number of rotatable bonds is 5. The van der Waals surface area contributed by atoms with Crippen LogP contribution >= 0.6 is 0 Å². The molecule has 0 aliphatic carbocycles. The fourth-order valence-corrected chi connectivity index (χ4v) is 1.67. The number of aliphatic hydroxyl groups is 1. The van der Waals surface area contributed by atoms with Crippen molar-refractivity contribution >= 4 is 11.6 Å². The van der Waals surface area contributed by atoms with Gasteiger partial charge in [-0.05, 0) is 20.8 Å². The third-order valence-electron chi connectivity index (χ3n) is 3.33. The molecule has 1 rings (SSSR count). The average Bonchev–Trinajstić information content (AvgIpc) is 2.38. The summed E-state index contributed by atoms with van der Waals surface area (Å²) in [5, 5.41) is 12.6. The number of anilines is 2. The second-order valence-electron chi connectivity index (χ2n) is 5.07. The van der Waals surface area contributed by atoms with Crippen molar-refractivity contribution < 1.29 is 5.11 Å². The van der Waals surface area contributed by atoms with Crippen molar-refractivity contribution in [2.24, 2.45) is 0 Å². The van der Waals surface area contributed by atoms with Gasteiger partial charge in [-0.1, -0.05) is 6.92 Å². The molecule has 0 saturated heterocycles. The van der Waals surface area contributed by atoms with Gasteiger partial charge in [-0.3, -0.25) is 0 Å². The number of hydrogen-bond donors (Lipinski definition) is 2. The van der Waals surface area contributed by atoms with Gasteiger partial charge in [0.05, 0.1) is 12.1 Å². The highest BCUT2D eigenvalue weighted by Crippen LogP contribution is 2.27. The van der Waals surface area contributed by atoms with E-state index in [1.165, 1.54) is 0 Å². The minimum absolute atomic E-state index is 0.0727. The Labute approximate surface area is 109 Å². The van der Waals surface area contributed by atoms with Crippen molar-refractivity contribution in [3.8, 4) is 0 Å². The lowest BCUT2D eigenvalue weighted by molar-refractivity contribution is 0.215. The Bertz CT molecular complexity index is 418.